The zero-order chi connectivity index (χ0) is 19.7. The SMILES string of the molecule is Cc1cc(-c2ccc(C)c(S(=O)(=O)N(Cc3ccco3)C3CCCC3)c2)on1. The maximum atomic E-state index is 13.7. The zero-order valence-electron chi connectivity index (χ0n) is 16.1. The lowest BCUT2D eigenvalue weighted by molar-refractivity contribution is 0.292. The van der Waals surface area contributed by atoms with Crippen LogP contribution >= 0.6 is 0 Å². The van der Waals surface area contributed by atoms with Gasteiger partial charge in [0.15, 0.2) is 5.76 Å². The number of benzene rings is 1. The zero-order valence-corrected chi connectivity index (χ0v) is 16.9. The van der Waals surface area contributed by atoms with Crippen LogP contribution in [-0.4, -0.2) is 23.9 Å². The van der Waals surface area contributed by atoms with Crippen molar-refractivity contribution in [1.82, 2.24) is 9.46 Å². The second-order valence-corrected chi connectivity index (χ2v) is 9.24. The molecule has 1 aliphatic rings. The predicted octanol–water partition coefficient (Wildman–Crippen LogP) is 4.68. The number of aromatic nitrogens is 1. The number of sulfonamides is 1. The van der Waals surface area contributed by atoms with Crippen molar-refractivity contribution in [3.05, 3.63) is 59.7 Å². The fraction of sp³-hybridized carbons (Fsp3) is 0.381. The van der Waals surface area contributed by atoms with Crippen LogP contribution in [0.2, 0.25) is 0 Å². The lowest BCUT2D eigenvalue weighted by atomic mass is 10.1. The minimum absolute atomic E-state index is 0.00863. The van der Waals surface area contributed by atoms with E-state index >= 15 is 0 Å². The Bertz CT molecular complexity index is 1050. The maximum absolute atomic E-state index is 13.7. The lowest BCUT2D eigenvalue weighted by Gasteiger charge is -2.28. The van der Waals surface area contributed by atoms with Crippen molar-refractivity contribution in [2.75, 3.05) is 0 Å². The molecule has 0 amide bonds. The Morgan fingerprint density at radius 3 is 2.57 bits per heavy atom. The molecule has 0 unspecified atom stereocenters. The van der Waals surface area contributed by atoms with Crippen LogP contribution in [-0.2, 0) is 16.6 Å². The van der Waals surface area contributed by atoms with E-state index in [1.807, 2.05) is 32.0 Å². The molecule has 0 N–H and O–H groups in total. The van der Waals surface area contributed by atoms with E-state index in [0.717, 1.165) is 31.4 Å². The van der Waals surface area contributed by atoms with Crippen molar-refractivity contribution >= 4 is 10.0 Å². The molecule has 28 heavy (non-hydrogen) atoms. The molecule has 1 saturated carbocycles. The van der Waals surface area contributed by atoms with Gasteiger partial charge in [-0.2, -0.15) is 4.31 Å². The molecule has 0 aliphatic heterocycles. The van der Waals surface area contributed by atoms with E-state index in [-0.39, 0.29) is 12.6 Å². The number of hydrogen-bond acceptors (Lipinski definition) is 5. The van der Waals surface area contributed by atoms with Gasteiger partial charge in [0.2, 0.25) is 10.0 Å². The minimum Gasteiger partial charge on any atom is -0.468 e. The minimum atomic E-state index is -3.70. The smallest absolute Gasteiger partial charge is 0.244 e. The summed E-state index contributed by atoms with van der Waals surface area (Å²) >= 11 is 0. The number of rotatable bonds is 6. The summed E-state index contributed by atoms with van der Waals surface area (Å²) in [5.74, 6) is 1.21. The first-order valence-corrected chi connectivity index (χ1v) is 11.0. The molecule has 2 aromatic heterocycles. The topological polar surface area (TPSA) is 76.6 Å². The summed E-state index contributed by atoms with van der Waals surface area (Å²) < 4.78 is 39.8. The molecular weight excluding hydrogens is 376 g/mol. The summed E-state index contributed by atoms with van der Waals surface area (Å²) in [6.07, 6.45) is 5.42. The van der Waals surface area contributed by atoms with Crippen molar-refractivity contribution in [2.24, 2.45) is 0 Å². The van der Waals surface area contributed by atoms with Crippen molar-refractivity contribution in [1.29, 1.82) is 0 Å². The Labute approximate surface area is 165 Å². The highest BCUT2D eigenvalue weighted by molar-refractivity contribution is 7.89. The van der Waals surface area contributed by atoms with Gasteiger partial charge in [-0.05, 0) is 50.5 Å². The first-order chi connectivity index (χ1) is 13.4. The Kier molecular flexibility index (Phi) is 5.12. The second-order valence-electron chi connectivity index (χ2n) is 7.38. The molecule has 0 atom stereocenters. The van der Waals surface area contributed by atoms with Gasteiger partial charge in [0.1, 0.15) is 5.76 Å². The third-order valence-electron chi connectivity index (χ3n) is 5.31. The molecule has 0 bridgehead atoms. The molecule has 0 radical (unpaired) electrons. The maximum Gasteiger partial charge on any atom is 0.244 e. The summed E-state index contributed by atoms with van der Waals surface area (Å²) in [5.41, 5.74) is 2.17. The van der Waals surface area contributed by atoms with E-state index in [1.165, 1.54) is 0 Å². The largest absolute Gasteiger partial charge is 0.468 e. The number of hydrogen-bond donors (Lipinski definition) is 0. The fourth-order valence-corrected chi connectivity index (χ4v) is 5.72. The van der Waals surface area contributed by atoms with Gasteiger partial charge in [-0.3, -0.25) is 0 Å². The van der Waals surface area contributed by atoms with Crippen LogP contribution in [0.1, 0.15) is 42.7 Å². The van der Waals surface area contributed by atoms with Gasteiger partial charge in [0.25, 0.3) is 0 Å². The lowest BCUT2D eigenvalue weighted by Crippen LogP contribution is -2.38. The number of furan rings is 1. The van der Waals surface area contributed by atoms with Gasteiger partial charge < -0.3 is 8.94 Å². The average molecular weight is 401 g/mol. The van der Waals surface area contributed by atoms with Crippen LogP contribution in [0, 0.1) is 13.8 Å². The van der Waals surface area contributed by atoms with E-state index in [9.17, 15) is 8.42 Å². The van der Waals surface area contributed by atoms with E-state index in [1.54, 1.807) is 28.8 Å². The molecule has 1 aromatic carbocycles. The Hall–Kier alpha value is -2.38. The van der Waals surface area contributed by atoms with Gasteiger partial charge in [0, 0.05) is 17.7 Å². The monoisotopic (exact) mass is 400 g/mol. The third-order valence-corrected chi connectivity index (χ3v) is 7.35. The van der Waals surface area contributed by atoms with Crippen LogP contribution in [0.3, 0.4) is 0 Å². The first kappa shape index (κ1) is 19.0. The van der Waals surface area contributed by atoms with Gasteiger partial charge in [-0.1, -0.05) is 30.1 Å². The highest BCUT2D eigenvalue weighted by atomic mass is 32.2. The van der Waals surface area contributed by atoms with Crippen LogP contribution in [0.5, 0.6) is 0 Å². The van der Waals surface area contributed by atoms with E-state index in [4.69, 9.17) is 8.94 Å². The quantitative estimate of drug-likeness (QED) is 0.600. The van der Waals surface area contributed by atoms with Crippen molar-refractivity contribution in [3.63, 3.8) is 0 Å². The third kappa shape index (κ3) is 3.64. The molecule has 4 rings (SSSR count). The molecular formula is C21H24N2O4S. The summed E-state index contributed by atoms with van der Waals surface area (Å²) in [6, 6.07) is 10.8. The summed E-state index contributed by atoms with van der Waals surface area (Å²) in [5, 5.41) is 3.91. The van der Waals surface area contributed by atoms with Crippen LogP contribution in [0.4, 0.5) is 0 Å². The van der Waals surface area contributed by atoms with Crippen molar-refractivity contribution in [2.45, 2.75) is 57.0 Å². The molecule has 3 aromatic rings. The summed E-state index contributed by atoms with van der Waals surface area (Å²) in [4.78, 5) is 0.303. The van der Waals surface area contributed by atoms with Crippen molar-refractivity contribution < 1.29 is 17.4 Å². The Balaban J connectivity index is 1.75. The molecule has 7 heteroatoms. The van der Waals surface area contributed by atoms with Gasteiger partial charge in [-0.25, -0.2) is 8.42 Å². The number of nitrogens with zero attached hydrogens (tertiary/aromatic N) is 2. The number of aryl methyl sites for hydroxylation is 2. The fourth-order valence-electron chi connectivity index (χ4n) is 3.82. The molecule has 1 aliphatic carbocycles. The van der Waals surface area contributed by atoms with E-state index < -0.39 is 10.0 Å². The van der Waals surface area contributed by atoms with Gasteiger partial charge in [0.05, 0.1) is 23.4 Å². The molecule has 0 spiro atoms. The standard InChI is InChI=1S/C21H24N2O4S/c1-15-9-10-17(20-12-16(2)22-27-20)13-21(15)28(24,25)23(18-6-3-4-7-18)14-19-8-5-11-26-19/h5,8-13,18H,3-4,6-7,14H2,1-2H3. The average Bonchev–Trinajstić information content (AvgIpc) is 3.42. The Morgan fingerprint density at radius 1 is 1.14 bits per heavy atom. The van der Waals surface area contributed by atoms with E-state index in [0.29, 0.717) is 27.5 Å². The van der Waals surface area contributed by atoms with Crippen molar-refractivity contribution in [3.8, 4) is 11.3 Å². The van der Waals surface area contributed by atoms with Gasteiger partial charge in [-0.15, -0.1) is 0 Å². The highest BCUT2D eigenvalue weighted by Gasteiger charge is 2.35. The molecule has 2 heterocycles. The predicted molar refractivity (Wildman–Crippen MR) is 105 cm³/mol. The van der Waals surface area contributed by atoms with E-state index in [2.05, 4.69) is 5.16 Å². The van der Waals surface area contributed by atoms with Gasteiger partial charge >= 0.3 is 0 Å². The molecule has 6 nitrogen and oxygen atoms in total. The highest BCUT2D eigenvalue weighted by Crippen LogP contribution is 2.33. The van der Waals surface area contributed by atoms with Crippen LogP contribution < -0.4 is 0 Å². The normalized spacial score (nSPS) is 15.5. The second kappa shape index (κ2) is 7.56. The molecule has 0 saturated heterocycles. The Morgan fingerprint density at radius 2 is 1.93 bits per heavy atom. The van der Waals surface area contributed by atoms with Crippen LogP contribution in [0.15, 0.2) is 56.5 Å². The van der Waals surface area contributed by atoms with Crippen LogP contribution in [0.25, 0.3) is 11.3 Å². The molecule has 148 valence electrons. The summed E-state index contributed by atoms with van der Waals surface area (Å²) in [7, 11) is -3.70. The summed E-state index contributed by atoms with van der Waals surface area (Å²) in [6.45, 7) is 3.90. The first-order valence-electron chi connectivity index (χ1n) is 9.54. The molecule has 1 fully saturated rings.